The van der Waals surface area contributed by atoms with Crippen LogP contribution in [0.3, 0.4) is 0 Å². The van der Waals surface area contributed by atoms with Crippen molar-refractivity contribution in [1.82, 2.24) is 4.90 Å². The number of rotatable bonds is 2. The molecule has 1 aliphatic heterocycles. The van der Waals surface area contributed by atoms with Crippen LogP contribution in [0.5, 0.6) is 0 Å². The van der Waals surface area contributed by atoms with Crippen molar-refractivity contribution in [3.63, 3.8) is 0 Å². The zero-order valence-corrected chi connectivity index (χ0v) is 5.86. The van der Waals surface area contributed by atoms with E-state index in [1.165, 1.54) is 12.2 Å². The molecule has 4 heteroatoms. The van der Waals surface area contributed by atoms with E-state index in [0.717, 1.165) is 4.90 Å². The van der Waals surface area contributed by atoms with E-state index >= 15 is 0 Å². The second-order valence-electron chi connectivity index (χ2n) is 2.27. The number of nitrogens with zero attached hydrogens (tertiary/aromatic N) is 1. The van der Waals surface area contributed by atoms with E-state index in [-0.39, 0.29) is 6.54 Å². The molecule has 0 fully saturated rings. The predicted octanol–water partition coefficient (Wildman–Crippen LogP) is -0.894. The Morgan fingerprint density at radius 3 is 2.27 bits per heavy atom. The lowest BCUT2D eigenvalue weighted by atomic mass is 10.4. The van der Waals surface area contributed by atoms with Crippen LogP contribution in [-0.4, -0.2) is 34.5 Å². The van der Waals surface area contributed by atoms with Gasteiger partial charge in [-0.25, -0.2) is 0 Å². The number of carbonyl (C=O) groups is 2. The average Bonchev–Trinajstić information content (AvgIpc) is 2.18. The Bertz CT molecular complexity index is 202. The summed E-state index contributed by atoms with van der Waals surface area (Å²) >= 11 is 0. The van der Waals surface area contributed by atoms with E-state index < -0.39 is 17.9 Å². The van der Waals surface area contributed by atoms with E-state index in [1.807, 2.05) is 0 Å². The Labute approximate surface area is 64.1 Å². The Morgan fingerprint density at radius 2 is 1.91 bits per heavy atom. The minimum Gasteiger partial charge on any atom is -0.391 e. The maximum atomic E-state index is 10.8. The quantitative estimate of drug-likeness (QED) is 0.525. The van der Waals surface area contributed by atoms with Gasteiger partial charge in [0.1, 0.15) is 0 Å². The molecule has 0 bridgehead atoms. The second-order valence-corrected chi connectivity index (χ2v) is 2.27. The van der Waals surface area contributed by atoms with Gasteiger partial charge in [0.2, 0.25) is 0 Å². The molecule has 1 unspecified atom stereocenters. The maximum absolute atomic E-state index is 10.8. The van der Waals surface area contributed by atoms with Crippen LogP contribution in [0, 0.1) is 6.92 Å². The third-order valence-corrected chi connectivity index (χ3v) is 1.29. The minimum absolute atomic E-state index is 0.0370. The maximum Gasteiger partial charge on any atom is 0.253 e. The van der Waals surface area contributed by atoms with Crippen LogP contribution in [-0.2, 0) is 9.59 Å². The molecule has 0 aromatic heterocycles. The predicted molar refractivity (Wildman–Crippen MR) is 37.2 cm³/mol. The lowest BCUT2D eigenvalue weighted by Gasteiger charge is -2.14. The number of β-amino-alcohol motifs (C(OH)–C–C–N with tert-alkyl or cyclic N) is 1. The van der Waals surface area contributed by atoms with Gasteiger partial charge in [-0.3, -0.25) is 14.5 Å². The van der Waals surface area contributed by atoms with Gasteiger partial charge >= 0.3 is 0 Å². The number of carbonyl (C=O) groups excluding carboxylic acids is 2. The zero-order valence-electron chi connectivity index (χ0n) is 5.86. The molecule has 0 aliphatic carbocycles. The lowest BCUT2D eigenvalue weighted by molar-refractivity contribution is -0.137. The van der Waals surface area contributed by atoms with Crippen molar-refractivity contribution in [2.75, 3.05) is 6.54 Å². The van der Waals surface area contributed by atoms with Crippen molar-refractivity contribution in [2.45, 2.75) is 6.10 Å². The molecular weight excluding hydrogens is 146 g/mol. The van der Waals surface area contributed by atoms with E-state index in [9.17, 15) is 9.59 Å². The molecule has 0 spiro atoms. The summed E-state index contributed by atoms with van der Waals surface area (Å²) in [6.45, 7) is 3.22. The zero-order chi connectivity index (χ0) is 8.43. The topological polar surface area (TPSA) is 57.6 Å². The summed E-state index contributed by atoms with van der Waals surface area (Å²) in [5.74, 6) is -0.782. The highest BCUT2D eigenvalue weighted by Crippen LogP contribution is 2.03. The molecular formula is C7H8NO3. The molecule has 1 N–H and O–H groups in total. The highest BCUT2D eigenvalue weighted by Gasteiger charge is 2.23. The Kier molecular flexibility index (Phi) is 2.05. The van der Waals surface area contributed by atoms with Gasteiger partial charge in [0.15, 0.2) is 0 Å². The molecule has 4 nitrogen and oxygen atoms in total. The Balaban J connectivity index is 2.59. The van der Waals surface area contributed by atoms with Crippen LogP contribution in [0.2, 0.25) is 0 Å². The fourth-order valence-corrected chi connectivity index (χ4v) is 0.822. The van der Waals surface area contributed by atoms with Gasteiger partial charge < -0.3 is 5.11 Å². The van der Waals surface area contributed by atoms with Gasteiger partial charge in [-0.05, 0) is 6.92 Å². The number of amides is 2. The van der Waals surface area contributed by atoms with Gasteiger partial charge in [0, 0.05) is 12.2 Å². The Hall–Kier alpha value is -1.16. The number of aliphatic hydroxyl groups is 1. The molecule has 59 valence electrons. The molecule has 1 aliphatic rings. The number of aliphatic hydroxyl groups excluding tert-OH is 1. The smallest absolute Gasteiger partial charge is 0.253 e. The molecule has 1 atom stereocenters. The highest BCUT2D eigenvalue weighted by atomic mass is 16.3. The third-order valence-electron chi connectivity index (χ3n) is 1.29. The molecule has 1 rings (SSSR count). The van der Waals surface area contributed by atoms with Crippen LogP contribution in [0.25, 0.3) is 0 Å². The molecule has 2 amide bonds. The minimum atomic E-state index is -0.914. The first-order valence-corrected chi connectivity index (χ1v) is 3.16. The third kappa shape index (κ3) is 1.65. The first-order chi connectivity index (χ1) is 5.11. The number of hydrogen-bond donors (Lipinski definition) is 1. The molecule has 0 saturated heterocycles. The van der Waals surface area contributed by atoms with Gasteiger partial charge in [-0.1, -0.05) is 0 Å². The number of hydrogen-bond acceptors (Lipinski definition) is 3. The van der Waals surface area contributed by atoms with Crippen LogP contribution in [0.15, 0.2) is 12.2 Å². The van der Waals surface area contributed by atoms with Crippen LogP contribution in [0.1, 0.15) is 0 Å². The summed E-state index contributed by atoms with van der Waals surface area (Å²) in [5, 5.41) is 8.76. The van der Waals surface area contributed by atoms with Gasteiger partial charge in [0.05, 0.1) is 12.6 Å². The van der Waals surface area contributed by atoms with Crippen molar-refractivity contribution in [3.05, 3.63) is 19.1 Å². The van der Waals surface area contributed by atoms with Crippen molar-refractivity contribution in [2.24, 2.45) is 0 Å². The van der Waals surface area contributed by atoms with Crippen molar-refractivity contribution in [3.8, 4) is 0 Å². The molecule has 0 aromatic carbocycles. The molecule has 1 radical (unpaired) electrons. The van der Waals surface area contributed by atoms with E-state index in [4.69, 9.17) is 5.11 Å². The van der Waals surface area contributed by atoms with Crippen LogP contribution < -0.4 is 0 Å². The van der Waals surface area contributed by atoms with Gasteiger partial charge in [-0.2, -0.15) is 0 Å². The highest BCUT2D eigenvalue weighted by molar-refractivity contribution is 6.12. The first kappa shape index (κ1) is 7.94. The largest absolute Gasteiger partial charge is 0.391 e. The van der Waals surface area contributed by atoms with Gasteiger partial charge in [0.25, 0.3) is 11.8 Å². The van der Waals surface area contributed by atoms with Crippen molar-refractivity contribution < 1.29 is 14.7 Å². The van der Waals surface area contributed by atoms with E-state index in [0.29, 0.717) is 0 Å². The SMILES string of the molecule is [CH2]C(O)CN1C(=O)C=CC1=O. The average molecular weight is 154 g/mol. The monoisotopic (exact) mass is 154 g/mol. The van der Waals surface area contributed by atoms with Crippen molar-refractivity contribution in [1.29, 1.82) is 0 Å². The summed E-state index contributed by atoms with van der Waals surface area (Å²) in [7, 11) is 0. The summed E-state index contributed by atoms with van der Waals surface area (Å²) in [5.41, 5.74) is 0. The summed E-state index contributed by atoms with van der Waals surface area (Å²) in [6, 6.07) is 0. The molecule has 0 saturated carbocycles. The van der Waals surface area contributed by atoms with E-state index in [1.54, 1.807) is 0 Å². The fraction of sp³-hybridized carbons (Fsp3) is 0.286. The number of imide groups is 1. The van der Waals surface area contributed by atoms with Crippen molar-refractivity contribution >= 4 is 11.8 Å². The fourth-order valence-electron chi connectivity index (χ4n) is 0.822. The summed E-state index contributed by atoms with van der Waals surface area (Å²) in [6.07, 6.45) is 1.43. The summed E-state index contributed by atoms with van der Waals surface area (Å²) < 4.78 is 0. The molecule has 11 heavy (non-hydrogen) atoms. The normalized spacial score (nSPS) is 19.6. The second kappa shape index (κ2) is 2.84. The van der Waals surface area contributed by atoms with Crippen LogP contribution in [0.4, 0.5) is 0 Å². The first-order valence-electron chi connectivity index (χ1n) is 3.16. The Morgan fingerprint density at radius 1 is 1.45 bits per heavy atom. The molecule has 0 aromatic rings. The molecule has 1 heterocycles. The van der Waals surface area contributed by atoms with E-state index in [2.05, 4.69) is 6.92 Å². The van der Waals surface area contributed by atoms with Gasteiger partial charge in [-0.15, -0.1) is 0 Å². The standard InChI is InChI=1S/C7H8NO3/c1-5(9)4-8-6(10)2-3-7(8)11/h2-3,5,9H,1,4H2. The lowest BCUT2D eigenvalue weighted by Crippen LogP contribution is -2.35. The summed E-state index contributed by atoms with van der Waals surface area (Å²) in [4.78, 5) is 22.5. The van der Waals surface area contributed by atoms with Crippen LogP contribution >= 0.6 is 0 Å².